The summed E-state index contributed by atoms with van der Waals surface area (Å²) >= 11 is 0. The Balaban J connectivity index is 1.43. The predicted molar refractivity (Wildman–Crippen MR) is 137 cm³/mol. The smallest absolute Gasteiger partial charge is 0.257 e. The molecule has 0 bridgehead atoms. The fraction of sp³-hybridized carbons (Fsp3) is 0.310. The Morgan fingerprint density at radius 3 is 2.51 bits per heavy atom. The Kier molecular flexibility index (Phi) is 6.55. The lowest BCUT2D eigenvalue weighted by Gasteiger charge is -2.30. The third kappa shape index (κ3) is 4.80. The Morgan fingerprint density at radius 2 is 1.77 bits per heavy atom. The number of hydrazone groups is 1. The molecule has 3 aromatic carbocycles. The number of hydrogen-bond acceptors (Lipinski definition) is 5. The molecule has 1 amide bonds. The minimum atomic E-state index is -0.239. The van der Waals surface area contributed by atoms with Gasteiger partial charge in [-0.05, 0) is 42.2 Å². The van der Waals surface area contributed by atoms with Crippen molar-refractivity contribution in [1.82, 2.24) is 9.91 Å². The molecule has 0 aromatic heterocycles. The molecule has 2 aliphatic rings. The van der Waals surface area contributed by atoms with Gasteiger partial charge in [0.25, 0.3) is 5.91 Å². The van der Waals surface area contributed by atoms with E-state index in [0.29, 0.717) is 24.5 Å². The zero-order valence-corrected chi connectivity index (χ0v) is 20.5. The lowest BCUT2D eigenvalue weighted by Crippen LogP contribution is -2.40. The molecule has 0 radical (unpaired) electrons. The van der Waals surface area contributed by atoms with Gasteiger partial charge in [0.2, 0.25) is 0 Å². The van der Waals surface area contributed by atoms with Crippen molar-refractivity contribution >= 4 is 11.6 Å². The van der Waals surface area contributed by atoms with Crippen LogP contribution in [-0.2, 0) is 17.8 Å². The van der Waals surface area contributed by atoms with E-state index < -0.39 is 0 Å². The van der Waals surface area contributed by atoms with E-state index in [4.69, 9.17) is 14.6 Å². The van der Waals surface area contributed by atoms with Crippen LogP contribution in [0, 0.1) is 6.92 Å². The highest BCUT2D eigenvalue weighted by molar-refractivity contribution is 6.03. The van der Waals surface area contributed by atoms with Gasteiger partial charge in [-0.1, -0.05) is 54.1 Å². The Labute approximate surface area is 206 Å². The van der Waals surface area contributed by atoms with E-state index in [1.165, 1.54) is 16.7 Å². The van der Waals surface area contributed by atoms with Gasteiger partial charge in [-0.3, -0.25) is 9.69 Å². The third-order valence-corrected chi connectivity index (χ3v) is 6.92. The molecule has 2 heterocycles. The molecule has 0 N–H and O–H groups in total. The fourth-order valence-corrected chi connectivity index (χ4v) is 4.95. The molecular weight excluding hydrogens is 438 g/mol. The van der Waals surface area contributed by atoms with Gasteiger partial charge in [-0.15, -0.1) is 0 Å². The van der Waals surface area contributed by atoms with Gasteiger partial charge in [0.05, 0.1) is 32.5 Å². The highest BCUT2D eigenvalue weighted by Crippen LogP contribution is 2.39. The Morgan fingerprint density at radius 1 is 1.00 bits per heavy atom. The van der Waals surface area contributed by atoms with Crippen LogP contribution in [0.15, 0.2) is 71.8 Å². The third-order valence-electron chi connectivity index (χ3n) is 6.92. The first-order valence-electron chi connectivity index (χ1n) is 12.0. The molecule has 0 saturated carbocycles. The van der Waals surface area contributed by atoms with E-state index in [-0.39, 0.29) is 11.9 Å². The van der Waals surface area contributed by atoms with Crippen molar-refractivity contribution in [2.24, 2.45) is 5.10 Å². The van der Waals surface area contributed by atoms with Gasteiger partial charge < -0.3 is 9.47 Å². The van der Waals surface area contributed by atoms with E-state index >= 15 is 0 Å². The maximum atomic E-state index is 13.7. The lowest BCUT2D eigenvalue weighted by molar-refractivity contribution is -0.134. The summed E-state index contributed by atoms with van der Waals surface area (Å²) in [6.07, 6.45) is 1.58. The molecule has 6 nitrogen and oxygen atoms in total. The molecule has 1 atom stereocenters. The number of benzene rings is 3. The second-order valence-corrected chi connectivity index (χ2v) is 9.21. The second-order valence-electron chi connectivity index (χ2n) is 9.21. The maximum Gasteiger partial charge on any atom is 0.257 e. The molecule has 0 saturated heterocycles. The maximum absolute atomic E-state index is 13.7. The van der Waals surface area contributed by atoms with Gasteiger partial charge in [0.1, 0.15) is 11.5 Å². The molecule has 0 fully saturated rings. The van der Waals surface area contributed by atoms with Crippen molar-refractivity contribution < 1.29 is 14.3 Å². The average molecular weight is 470 g/mol. The average Bonchev–Trinajstić information content (AvgIpc) is 3.34. The first kappa shape index (κ1) is 23.1. The van der Waals surface area contributed by atoms with Crippen LogP contribution in [0.2, 0.25) is 0 Å². The number of carbonyl (C=O) groups is 1. The number of amides is 1. The Hall–Kier alpha value is -3.64. The summed E-state index contributed by atoms with van der Waals surface area (Å²) in [5, 5.41) is 6.53. The number of hydrogen-bond donors (Lipinski definition) is 0. The van der Waals surface area contributed by atoms with Crippen molar-refractivity contribution in [2.45, 2.75) is 32.4 Å². The van der Waals surface area contributed by atoms with Crippen molar-refractivity contribution in [2.75, 3.05) is 27.3 Å². The molecule has 3 aromatic rings. The van der Waals surface area contributed by atoms with Gasteiger partial charge >= 0.3 is 0 Å². The molecule has 2 aliphatic heterocycles. The van der Waals surface area contributed by atoms with E-state index in [0.717, 1.165) is 36.3 Å². The molecule has 0 aliphatic carbocycles. The van der Waals surface area contributed by atoms with Crippen LogP contribution in [0.1, 0.15) is 40.3 Å². The van der Waals surface area contributed by atoms with Crippen molar-refractivity contribution in [3.8, 4) is 11.5 Å². The van der Waals surface area contributed by atoms with Crippen molar-refractivity contribution in [3.63, 3.8) is 0 Å². The SMILES string of the molecule is COc1ccc(C2CC(c3ccc(C)cc3)=NN2C(=O)CN2CCc3ccccc3C2)c(OC)c1. The van der Waals surface area contributed by atoms with Crippen LogP contribution in [0.4, 0.5) is 0 Å². The molecule has 1 unspecified atom stereocenters. The summed E-state index contributed by atoms with van der Waals surface area (Å²) < 4.78 is 11.1. The molecule has 0 spiro atoms. The summed E-state index contributed by atoms with van der Waals surface area (Å²) in [4.78, 5) is 15.9. The summed E-state index contributed by atoms with van der Waals surface area (Å²) in [5.41, 5.74) is 6.74. The van der Waals surface area contributed by atoms with Gasteiger partial charge in [0, 0.05) is 31.1 Å². The minimum Gasteiger partial charge on any atom is -0.497 e. The largest absolute Gasteiger partial charge is 0.497 e. The Bertz CT molecular complexity index is 1250. The standard InChI is InChI=1S/C29H31N3O3/c1-20-8-10-22(11-9-20)26-17-27(25-13-12-24(34-2)16-28(25)35-3)32(30-26)29(33)19-31-15-14-21-6-4-5-7-23(21)18-31/h4-13,16,27H,14-15,17-19H2,1-3H3. The van der Waals surface area contributed by atoms with Crippen LogP contribution in [-0.4, -0.2) is 48.8 Å². The number of carbonyl (C=O) groups excluding carboxylic acids is 1. The normalized spacial score (nSPS) is 17.6. The molecule has 180 valence electrons. The first-order chi connectivity index (χ1) is 17.1. The molecular formula is C29H31N3O3. The van der Waals surface area contributed by atoms with Crippen LogP contribution in [0.5, 0.6) is 11.5 Å². The number of ether oxygens (including phenoxy) is 2. The first-order valence-corrected chi connectivity index (χ1v) is 12.0. The van der Waals surface area contributed by atoms with Crippen LogP contribution in [0.25, 0.3) is 0 Å². The number of rotatable bonds is 6. The van der Waals surface area contributed by atoms with E-state index in [2.05, 4.69) is 60.4 Å². The molecule has 35 heavy (non-hydrogen) atoms. The summed E-state index contributed by atoms with van der Waals surface area (Å²) in [7, 11) is 3.28. The van der Waals surface area contributed by atoms with Crippen LogP contribution in [0.3, 0.4) is 0 Å². The topological polar surface area (TPSA) is 54.4 Å². The highest BCUT2D eigenvalue weighted by Gasteiger charge is 2.35. The number of nitrogens with zero attached hydrogens (tertiary/aromatic N) is 3. The summed E-state index contributed by atoms with van der Waals surface area (Å²) in [5.74, 6) is 1.40. The summed E-state index contributed by atoms with van der Waals surface area (Å²) in [6, 6.07) is 22.3. The van der Waals surface area contributed by atoms with Gasteiger partial charge in [-0.2, -0.15) is 5.10 Å². The summed E-state index contributed by atoms with van der Waals surface area (Å²) in [6.45, 7) is 4.04. The van der Waals surface area contributed by atoms with Crippen molar-refractivity contribution in [3.05, 3.63) is 94.5 Å². The number of fused-ring (bicyclic) bond motifs is 1. The van der Waals surface area contributed by atoms with E-state index in [9.17, 15) is 4.79 Å². The fourth-order valence-electron chi connectivity index (χ4n) is 4.95. The lowest BCUT2D eigenvalue weighted by atomic mass is 9.97. The van der Waals surface area contributed by atoms with Crippen LogP contribution < -0.4 is 9.47 Å². The number of methoxy groups -OCH3 is 2. The second kappa shape index (κ2) is 9.92. The zero-order valence-electron chi connectivity index (χ0n) is 20.5. The molecule has 5 rings (SSSR count). The van der Waals surface area contributed by atoms with E-state index in [1.54, 1.807) is 19.2 Å². The van der Waals surface area contributed by atoms with Crippen molar-refractivity contribution in [1.29, 1.82) is 0 Å². The number of aryl methyl sites for hydroxylation is 1. The predicted octanol–water partition coefficient (Wildman–Crippen LogP) is 4.75. The minimum absolute atomic E-state index is 0.00522. The van der Waals surface area contributed by atoms with Gasteiger partial charge in [0.15, 0.2) is 0 Å². The quantitative estimate of drug-likeness (QED) is 0.523. The monoisotopic (exact) mass is 469 g/mol. The van der Waals surface area contributed by atoms with E-state index in [1.807, 2.05) is 18.2 Å². The highest BCUT2D eigenvalue weighted by atomic mass is 16.5. The zero-order chi connectivity index (χ0) is 24.4. The molecule has 6 heteroatoms. The van der Waals surface area contributed by atoms with Crippen LogP contribution >= 0.6 is 0 Å². The van der Waals surface area contributed by atoms with Gasteiger partial charge in [-0.25, -0.2) is 5.01 Å².